The van der Waals surface area contributed by atoms with Crippen molar-refractivity contribution in [3.63, 3.8) is 0 Å². The molecular formula is C29H37ClF5N3O6S. The van der Waals surface area contributed by atoms with Crippen molar-refractivity contribution in [3.05, 3.63) is 34.5 Å². The number of rotatable bonds is 12. The van der Waals surface area contributed by atoms with Gasteiger partial charge in [0, 0.05) is 24.9 Å². The van der Waals surface area contributed by atoms with E-state index < -0.39 is 62.8 Å². The fourth-order valence-corrected chi connectivity index (χ4v) is 6.81. The predicted molar refractivity (Wildman–Crippen MR) is 157 cm³/mol. The van der Waals surface area contributed by atoms with E-state index in [1.54, 1.807) is 13.8 Å². The van der Waals surface area contributed by atoms with E-state index in [1.807, 2.05) is 0 Å². The summed E-state index contributed by atoms with van der Waals surface area (Å²) in [5.74, 6) is -1.82. The van der Waals surface area contributed by atoms with Crippen LogP contribution < -0.4 is 10.1 Å². The van der Waals surface area contributed by atoms with E-state index in [0.29, 0.717) is 0 Å². The van der Waals surface area contributed by atoms with Crippen LogP contribution in [0.1, 0.15) is 69.4 Å². The lowest BCUT2D eigenvalue weighted by Gasteiger charge is -2.37. The van der Waals surface area contributed by atoms with Gasteiger partial charge in [-0.1, -0.05) is 31.5 Å². The molecule has 2 aromatic rings. The number of alkyl halides is 5. The van der Waals surface area contributed by atoms with Crippen LogP contribution in [0.4, 0.5) is 22.0 Å². The minimum atomic E-state index is -4.55. The average molecular weight is 686 g/mol. The lowest BCUT2D eigenvalue weighted by molar-refractivity contribution is -0.211. The third-order valence-electron chi connectivity index (χ3n) is 8.13. The maximum atomic E-state index is 13.5. The second-order valence-corrected chi connectivity index (χ2v) is 14.5. The molecule has 0 bridgehead atoms. The minimum Gasteiger partial charge on any atom is -0.466 e. The molecule has 1 aromatic heterocycles. The van der Waals surface area contributed by atoms with Crippen LogP contribution in [0.2, 0.25) is 5.02 Å². The fraction of sp³-hybridized carbons (Fsp3) is 0.621. The van der Waals surface area contributed by atoms with Crippen molar-refractivity contribution in [1.29, 1.82) is 0 Å². The zero-order chi connectivity index (χ0) is 34.0. The predicted octanol–water partition coefficient (Wildman–Crippen LogP) is 6.22. The molecule has 1 aliphatic rings. The molecule has 0 atom stereocenters. The zero-order valence-electron chi connectivity index (χ0n) is 25.6. The van der Waals surface area contributed by atoms with Gasteiger partial charge in [0.25, 0.3) is 5.91 Å². The summed E-state index contributed by atoms with van der Waals surface area (Å²) >= 11 is 6.60. The van der Waals surface area contributed by atoms with Crippen molar-refractivity contribution in [2.75, 3.05) is 19.4 Å². The van der Waals surface area contributed by atoms with Crippen LogP contribution in [0.5, 0.6) is 5.75 Å². The Bertz CT molecular complexity index is 1500. The number of benzene rings is 1. The van der Waals surface area contributed by atoms with Crippen LogP contribution in [0.15, 0.2) is 18.2 Å². The molecule has 1 N–H and O–H groups in total. The molecule has 0 radical (unpaired) electrons. The number of amides is 1. The standard InChI is InChI=1S/C29H37ClF5N3O6S/c1-6-38-23(19-9-8-17(14-20(19)44-26(31)32)15-27(3,4)29(33,34)35)21(30)22(37-38)24(39)36-16-28(25(40)43-7-2)12-10-18(11-13-28)45(5,41)42/h8-9,14,18,26H,6-7,10-13,15-16H2,1-5H3,(H,36,39)/t18-,28+. The summed E-state index contributed by atoms with van der Waals surface area (Å²) in [6.07, 6.45) is -3.23. The lowest BCUT2D eigenvalue weighted by Crippen LogP contribution is -2.47. The molecule has 0 spiro atoms. The number of hydrogen-bond acceptors (Lipinski definition) is 7. The van der Waals surface area contributed by atoms with Crippen LogP contribution in [-0.2, 0) is 32.3 Å². The van der Waals surface area contributed by atoms with Crippen LogP contribution >= 0.6 is 11.6 Å². The first kappa shape index (κ1) is 36.5. The Hall–Kier alpha value is -2.94. The van der Waals surface area contributed by atoms with Gasteiger partial charge >= 0.3 is 18.8 Å². The molecule has 1 aliphatic carbocycles. The molecule has 45 heavy (non-hydrogen) atoms. The summed E-state index contributed by atoms with van der Waals surface area (Å²) in [5.41, 5.74) is -3.55. The Morgan fingerprint density at radius 3 is 2.31 bits per heavy atom. The number of carbonyl (C=O) groups excluding carboxylic acids is 2. The Labute approximate surface area is 263 Å². The Morgan fingerprint density at radius 2 is 1.80 bits per heavy atom. The van der Waals surface area contributed by atoms with Crippen LogP contribution in [0, 0.1) is 10.8 Å². The van der Waals surface area contributed by atoms with Gasteiger partial charge in [-0.3, -0.25) is 14.3 Å². The third kappa shape index (κ3) is 8.27. The van der Waals surface area contributed by atoms with Gasteiger partial charge in [-0.2, -0.15) is 27.1 Å². The molecule has 0 unspecified atom stereocenters. The second-order valence-electron chi connectivity index (χ2n) is 11.8. The molecule has 1 aromatic carbocycles. The van der Waals surface area contributed by atoms with Crippen molar-refractivity contribution in [3.8, 4) is 17.0 Å². The van der Waals surface area contributed by atoms with Gasteiger partial charge in [-0.25, -0.2) is 8.42 Å². The molecule has 1 amide bonds. The molecule has 0 saturated heterocycles. The number of carbonyl (C=O) groups is 2. The number of aryl methyl sites for hydroxylation is 1. The third-order valence-corrected chi connectivity index (χ3v) is 10.2. The Kier molecular flexibility index (Phi) is 11.2. The largest absolute Gasteiger partial charge is 0.466 e. The van der Waals surface area contributed by atoms with E-state index in [4.69, 9.17) is 16.3 Å². The molecular weight excluding hydrogens is 649 g/mol. The number of nitrogens with zero attached hydrogens (tertiary/aromatic N) is 2. The number of hydrogen-bond donors (Lipinski definition) is 1. The van der Waals surface area contributed by atoms with Crippen LogP contribution in [0.3, 0.4) is 0 Å². The highest BCUT2D eigenvalue weighted by molar-refractivity contribution is 7.91. The van der Waals surface area contributed by atoms with Gasteiger partial charge in [0.05, 0.1) is 33.4 Å². The quantitative estimate of drug-likeness (QED) is 0.208. The van der Waals surface area contributed by atoms with Crippen molar-refractivity contribution in [2.24, 2.45) is 10.8 Å². The number of aromatic nitrogens is 2. The number of nitrogens with one attached hydrogen (secondary N) is 1. The summed E-state index contributed by atoms with van der Waals surface area (Å²) in [6.45, 7) is 1.95. The summed E-state index contributed by atoms with van der Waals surface area (Å²) in [6, 6.07) is 3.69. The first-order valence-corrected chi connectivity index (χ1v) is 16.6. The Morgan fingerprint density at radius 1 is 1.18 bits per heavy atom. The highest BCUT2D eigenvalue weighted by Gasteiger charge is 2.47. The fourth-order valence-electron chi connectivity index (χ4n) is 5.39. The van der Waals surface area contributed by atoms with Gasteiger partial charge in [0.1, 0.15) is 15.6 Å². The van der Waals surface area contributed by atoms with Crippen LogP contribution in [-0.4, -0.2) is 67.5 Å². The van der Waals surface area contributed by atoms with Gasteiger partial charge in [-0.15, -0.1) is 0 Å². The monoisotopic (exact) mass is 685 g/mol. The van der Waals surface area contributed by atoms with Gasteiger partial charge in [0.15, 0.2) is 5.69 Å². The molecule has 1 fully saturated rings. The van der Waals surface area contributed by atoms with Gasteiger partial charge in [-0.05, 0) is 63.6 Å². The normalized spacial score (nSPS) is 19.4. The molecule has 3 rings (SSSR count). The van der Waals surface area contributed by atoms with E-state index in [-0.39, 0.29) is 72.9 Å². The SMILES string of the molecule is CCOC(=O)[C@]1(CNC(=O)c2nn(CC)c(-c3ccc(CC(C)(C)C(F)(F)F)cc3OC(F)F)c2Cl)CC[C@H](S(C)(=O)=O)CC1. The maximum Gasteiger partial charge on any atom is 0.394 e. The first-order chi connectivity index (χ1) is 20.8. The minimum absolute atomic E-state index is 0.0235. The van der Waals surface area contributed by atoms with E-state index in [0.717, 1.165) is 26.2 Å². The number of sulfone groups is 1. The first-order valence-electron chi connectivity index (χ1n) is 14.3. The zero-order valence-corrected chi connectivity index (χ0v) is 27.1. The smallest absolute Gasteiger partial charge is 0.394 e. The molecule has 1 saturated carbocycles. The molecule has 0 aliphatic heterocycles. The van der Waals surface area contributed by atoms with Crippen molar-refractivity contribution in [2.45, 2.75) is 84.4 Å². The van der Waals surface area contributed by atoms with E-state index in [1.165, 1.54) is 16.8 Å². The van der Waals surface area contributed by atoms with Crippen molar-refractivity contribution >= 4 is 33.3 Å². The van der Waals surface area contributed by atoms with Gasteiger partial charge < -0.3 is 14.8 Å². The molecule has 1 heterocycles. The topological polar surface area (TPSA) is 117 Å². The average Bonchev–Trinajstić information content (AvgIpc) is 3.26. The number of ether oxygens (including phenoxy) is 2. The van der Waals surface area contributed by atoms with Crippen molar-refractivity contribution < 1.29 is 49.4 Å². The number of esters is 1. The highest BCUT2D eigenvalue weighted by Crippen LogP contribution is 2.43. The molecule has 9 nitrogen and oxygen atoms in total. The molecule has 16 heteroatoms. The van der Waals surface area contributed by atoms with E-state index >= 15 is 0 Å². The summed E-state index contributed by atoms with van der Waals surface area (Å²) in [7, 11) is -3.33. The second kappa shape index (κ2) is 13.8. The summed E-state index contributed by atoms with van der Waals surface area (Å²) < 4.78 is 103. The highest BCUT2D eigenvalue weighted by atomic mass is 35.5. The Balaban J connectivity index is 1.95. The van der Waals surface area contributed by atoms with E-state index in [2.05, 4.69) is 15.2 Å². The maximum absolute atomic E-state index is 13.5. The number of halogens is 6. The van der Waals surface area contributed by atoms with Gasteiger partial charge in [0.2, 0.25) is 0 Å². The lowest BCUT2D eigenvalue weighted by atomic mass is 9.73. The molecule has 252 valence electrons. The summed E-state index contributed by atoms with van der Waals surface area (Å²) in [4.78, 5) is 26.3. The van der Waals surface area contributed by atoms with Crippen molar-refractivity contribution in [1.82, 2.24) is 15.1 Å². The summed E-state index contributed by atoms with van der Waals surface area (Å²) in [5, 5.41) is 6.03. The van der Waals surface area contributed by atoms with Crippen LogP contribution in [0.25, 0.3) is 11.3 Å². The van der Waals surface area contributed by atoms with E-state index in [9.17, 15) is 40.0 Å².